The molecule has 0 unspecified atom stereocenters. The van der Waals surface area contributed by atoms with E-state index < -0.39 is 17.9 Å². The van der Waals surface area contributed by atoms with Gasteiger partial charge in [0.15, 0.2) is 5.69 Å². The topological polar surface area (TPSA) is 79.0 Å². The van der Waals surface area contributed by atoms with Crippen LogP contribution in [0.3, 0.4) is 0 Å². The molecule has 3 N–H and O–H groups in total. The molecule has 0 bridgehead atoms. The molecule has 0 spiro atoms. The van der Waals surface area contributed by atoms with Crippen LogP contribution in [0.5, 0.6) is 5.75 Å². The minimum absolute atomic E-state index is 0.0382. The Morgan fingerprint density at radius 2 is 1.94 bits per heavy atom. The predicted octanol–water partition coefficient (Wildman–Crippen LogP) is 4.98. The molecule has 0 fully saturated rings. The zero-order chi connectivity index (χ0) is 23.6. The van der Waals surface area contributed by atoms with Gasteiger partial charge in [-0.1, -0.05) is 6.07 Å². The maximum absolute atomic E-state index is 13.9. The number of nitrogens with one attached hydrogen (secondary N) is 3. The van der Waals surface area contributed by atoms with Gasteiger partial charge in [0.25, 0.3) is 5.91 Å². The van der Waals surface area contributed by atoms with Crippen molar-refractivity contribution >= 4 is 28.1 Å². The molecular formula is C22H18F4N4O2S. The molecule has 4 aromatic rings. The molecule has 0 aliphatic carbocycles. The van der Waals surface area contributed by atoms with Crippen LogP contribution in [0, 0.1) is 5.82 Å². The number of hydrogen-bond donors (Lipinski definition) is 3. The van der Waals surface area contributed by atoms with E-state index in [2.05, 4.69) is 25.6 Å². The summed E-state index contributed by atoms with van der Waals surface area (Å²) in [6, 6.07) is 12.4. The van der Waals surface area contributed by atoms with Crippen LogP contribution in [0.4, 0.5) is 17.6 Å². The fourth-order valence-electron chi connectivity index (χ4n) is 3.30. The van der Waals surface area contributed by atoms with Crippen molar-refractivity contribution in [1.82, 2.24) is 20.8 Å². The SMILES string of the molecule is CNC(=O)c1n[nH]c2cc(-c3ccc(CNCc4cc(OC(F)(F)F)ccc4F)s3)ccc12. The van der Waals surface area contributed by atoms with Crippen molar-refractivity contribution in [2.45, 2.75) is 19.5 Å². The van der Waals surface area contributed by atoms with Crippen molar-refractivity contribution in [3.05, 3.63) is 70.5 Å². The highest BCUT2D eigenvalue weighted by Crippen LogP contribution is 2.31. The van der Waals surface area contributed by atoms with Crippen LogP contribution in [0.2, 0.25) is 0 Å². The zero-order valence-electron chi connectivity index (χ0n) is 17.2. The van der Waals surface area contributed by atoms with E-state index >= 15 is 0 Å². The second-order valence-electron chi connectivity index (χ2n) is 7.08. The van der Waals surface area contributed by atoms with E-state index in [1.54, 1.807) is 7.05 Å². The maximum Gasteiger partial charge on any atom is 0.573 e. The molecule has 33 heavy (non-hydrogen) atoms. The number of aromatic nitrogens is 2. The van der Waals surface area contributed by atoms with Gasteiger partial charge in [0.1, 0.15) is 11.6 Å². The molecule has 0 saturated carbocycles. The van der Waals surface area contributed by atoms with Crippen LogP contribution in [0.15, 0.2) is 48.5 Å². The van der Waals surface area contributed by atoms with Gasteiger partial charge in [-0.3, -0.25) is 9.89 Å². The van der Waals surface area contributed by atoms with E-state index in [9.17, 15) is 22.4 Å². The number of benzene rings is 2. The van der Waals surface area contributed by atoms with E-state index in [1.165, 1.54) is 11.3 Å². The summed E-state index contributed by atoms with van der Waals surface area (Å²) in [5.74, 6) is -1.36. The van der Waals surface area contributed by atoms with Crippen molar-refractivity contribution in [2.24, 2.45) is 0 Å². The summed E-state index contributed by atoms with van der Waals surface area (Å²) in [6.45, 7) is 0.443. The lowest BCUT2D eigenvalue weighted by Crippen LogP contribution is -2.18. The van der Waals surface area contributed by atoms with Crippen molar-refractivity contribution < 1.29 is 27.1 Å². The van der Waals surface area contributed by atoms with Crippen LogP contribution < -0.4 is 15.4 Å². The lowest BCUT2D eigenvalue weighted by molar-refractivity contribution is -0.274. The van der Waals surface area contributed by atoms with E-state index in [4.69, 9.17) is 0 Å². The molecule has 1 amide bonds. The first-order valence-corrected chi connectivity index (χ1v) is 10.6. The Balaban J connectivity index is 1.42. The molecule has 0 saturated heterocycles. The van der Waals surface area contributed by atoms with Gasteiger partial charge in [-0.15, -0.1) is 24.5 Å². The number of halogens is 4. The molecule has 6 nitrogen and oxygen atoms in total. The van der Waals surface area contributed by atoms with Gasteiger partial charge in [0, 0.05) is 40.8 Å². The van der Waals surface area contributed by atoms with Crippen LogP contribution in [-0.2, 0) is 13.1 Å². The molecule has 11 heteroatoms. The molecule has 0 atom stereocenters. The first-order valence-electron chi connectivity index (χ1n) is 9.77. The predicted molar refractivity (Wildman–Crippen MR) is 116 cm³/mol. The number of alkyl halides is 3. The third kappa shape index (κ3) is 5.32. The van der Waals surface area contributed by atoms with Gasteiger partial charge in [-0.25, -0.2) is 4.39 Å². The maximum atomic E-state index is 13.9. The summed E-state index contributed by atoms with van der Waals surface area (Å²) in [5, 5.41) is 13.2. The van der Waals surface area contributed by atoms with E-state index in [0.29, 0.717) is 12.2 Å². The molecule has 2 aromatic carbocycles. The Morgan fingerprint density at radius 1 is 1.12 bits per heavy atom. The monoisotopic (exact) mass is 478 g/mol. The van der Waals surface area contributed by atoms with Crippen molar-refractivity contribution in [1.29, 1.82) is 0 Å². The van der Waals surface area contributed by atoms with Crippen molar-refractivity contribution in [3.63, 3.8) is 0 Å². The number of carbonyl (C=O) groups is 1. The van der Waals surface area contributed by atoms with Gasteiger partial charge in [-0.2, -0.15) is 5.10 Å². The molecule has 172 valence electrons. The highest BCUT2D eigenvalue weighted by atomic mass is 32.1. The van der Waals surface area contributed by atoms with E-state index in [1.807, 2.05) is 30.3 Å². The smallest absolute Gasteiger partial charge is 0.406 e. The number of fused-ring (bicyclic) bond motifs is 1. The summed E-state index contributed by atoms with van der Waals surface area (Å²) in [6.07, 6.45) is -4.83. The van der Waals surface area contributed by atoms with Crippen LogP contribution in [0.25, 0.3) is 21.3 Å². The highest BCUT2D eigenvalue weighted by molar-refractivity contribution is 7.15. The van der Waals surface area contributed by atoms with Crippen LogP contribution in [0.1, 0.15) is 20.9 Å². The van der Waals surface area contributed by atoms with Crippen molar-refractivity contribution in [2.75, 3.05) is 7.05 Å². The lowest BCUT2D eigenvalue weighted by Gasteiger charge is -2.11. The normalized spacial score (nSPS) is 11.7. The molecule has 0 aliphatic rings. The number of nitrogens with zero attached hydrogens (tertiary/aromatic N) is 1. The molecule has 2 heterocycles. The summed E-state index contributed by atoms with van der Waals surface area (Å²) in [5.41, 5.74) is 2.07. The average Bonchev–Trinajstić information content (AvgIpc) is 3.41. The van der Waals surface area contributed by atoms with Gasteiger partial charge in [0.05, 0.1) is 5.52 Å². The standard InChI is InChI=1S/C22H18F4N4O2S/c1-27-21(31)20-16-5-2-12(9-18(16)29-30-20)19-7-4-15(33-19)11-28-10-13-8-14(3-6-17(13)23)32-22(24,25)26/h2-9,28H,10-11H2,1H3,(H,27,31)(H,29,30). The molecule has 2 aromatic heterocycles. The summed E-state index contributed by atoms with van der Waals surface area (Å²) >= 11 is 1.52. The zero-order valence-corrected chi connectivity index (χ0v) is 18.0. The second-order valence-corrected chi connectivity index (χ2v) is 8.25. The number of ether oxygens (including phenoxy) is 1. The number of hydrogen-bond acceptors (Lipinski definition) is 5. The lowest BCUT2D eigenvalue weighted by atomic mass is 10.1. The van der Waals surface area contributed by atoms with Crippen molar-refractivity contribution in [3.8, 4) is 16.2 Å². The van der Waals surface area contributed by atoms with Gasteiger partial charge in [0.2, 0.25) is 0 Å². The Kier molecular flexibility index (Phi) is 6.34. The molecular weight excluding hydrogens is 460 g/mol. The number of amides is 1. The van der Waals surface area contributed by atoms with E-state index in [-0.39, 0.29) is 18.0 Å². The minimum Gasteiger partial charge on any atom is -0.406 e. The van der Waals surface area contributed by atoms with Crippen LogP contribution >= 0.6 is 11.3 Å². The molecule has 0 radical (unpaired) electrons. The number of rotatable bonds is 7. The van der Waals surface area contributed by atoms with Gasteiger partial charge >= 0.3 is 6.36 Å². The quantitative estimate of drug-likeness (QED) is 0.328. The van der Waals surface area contributed by atoms with Gasteiger partial charge < -0.3 is 15.4 Å². The third-order valence-electron chi connectivity index (χ3n) is 4.82. The van der Waals surface area contributed by atoms with E-state index in [0.717, 1.165) is 44.4 Å². The summed E-state index contributed by atoms with van der Waals surface area (Å²) < 4.78 is 54.9. The summed E-state index contributed by atoms with van der Waals surface area (Å²) in [7, 11) is 1.54. The highest BCUT2D eigenvalue weighted by Gasteiger charge is 2.31. The number of thiophene rings is 1. The average molecular weight is 478 g/mol. The number of H-pyrrole nitrogens is 1. The molecule has 4 rings (SSSR count). The second kappa shape index (κ2) is 9.20. The summed E-state index contributed by atoms with van der Waals surface area (Å²) in [4.78, 5) is 13.8. The fourth-order valence-corrected chi connectivity index (χ4v) is 4.27. The number of carbonyl (C=O) groups excluding carboxylic acids is 1. The fraction of sp³-hybridized carbons (Fsp3) is 0.182. The van der Waals surface area contributed by atoms with Crippen LogP contribution in [-0.4, -0.2) is 29.5 Å². The number of aromatic amines is 1. The Labute approximate surface area is 189 Å². The van der Waals surface area contributed by atoms with Gasteiger partial charge in [-0.05, 0) is 48.0 Å². The minimum atomic E-state index is -4.83. The largest absolute Gasteiger partial charge is 0.573 e. The first kappa shape index (κ1) is 22.7. The first-order chi connectivity index (χ1) is 15.7. The third-order valence-corrected chi connectivity index (χ3v) is 5.95. The Hall–Kier alpha value is -3.44. The molecule has 0 aliphatic heterocycles. The Morgan fingerprint density at radius 3 is 2.70 bits per heavy atom. The Bertz CT molecular complexity index is 1300.